The minimum Gasteiger partial charge on any atom is -0.492 e. The lowest BCUT2D eigenvalue weighted by molar-refractivity contribution is -0.112. The fourth-order valence-corrected chi connectivity index (χ4v) is 4.26. The maximum absolute atomic E-state index is 12.6. The zero-order valence-corrected chi connectivity index (χ0v) is 18.2. The van der Waals surface area contributed by atoms with E-state index in [1.807, 2.05) is 42.5 Å². The van der Waals surface area contributed by atoms with E-state index in [4.69, 9.17) is 9.47 Å². The summed E-state index contributed by atoms with van der Waals surface area (Å²) in [5.41, 5.74) is 1.50. The summed E-state index contributed by atoms with van der Waals surface area (Å²) < 4.78 is 12.4. The lowest BCUT2D eigenvalue weighted by atomic mass is 10.1. The van der Waals surface area contributed by atoms with E-state index in [0.717, 1.165) is 9.13 Å². The van der Waals surface area contributed by atoms with Crippen molar-refractivity contribution in [1.29, 1.82) is 0 Å². The van der Waals surface area contributed by atoms with Crippen LogP contribution in [-0.4, -0.2) is 47.1 Å². The fraction of sp³-hybridized carbons (Fsp3) is 0.250. The van der Waals surface area contributed by atoms with Crippen LogP contribution in [0.3, 0.4) is 0 Å². The number of thioether (sulfide) groups is 1. The number of hydrogen-bond donors (Lipinski definition) is 1. The molecule has 1 fully saturated rings. The van der Waals surface area contributed by atoms with Crippen molar-refractivity contribution in [3.05, 3.63) is 57.2 Å². The van der Waals surface area contributed by atoms with Gasteiger partial charge in [-0.1, -0.05) is 12.1 Å². The molecular formula is C20H17IN2O5S. The summed E-state index contributed by atoms with van der Waals surface area (Å²) >= 11 is 2.88. The maximum Gasteiger partial charge on any atom is 0.287 e. The summed E-state index contributed by atoms with van der Waals surface area (Å²) in [5, 5.41) is 2.20. The molecule has 1 atom stereocenters. The minimum absolute atomic E-state index is 0.0649. The van der Waals surface area contributed by atoms with Crippen LogP contribution >= 0.6 is 34.4 Å². The van der Waals surface area contributed by atoms with Crippen LogP contribution in [0.4, 0.5) is 4.79 Å². The molecule has 29 heavy (non-hydrogen) atoms. The van der Waals surface area contributed by atoms with Crippen molar-refractivity contribution in [1.82, 2.24) is 10.2 Å². The zero-order chi connectivity index (χ0) is 20.4. The number of halogens is 1. The molecule has 0 aliphatic carbocycles. The second-order valence-corrected chi connectivity index (χ2v) is 8.81. The van der Waals surface area contributed by atoms with Gasteiger partial charge in [-0.15, -0.1) is 0 Å². The molecule has 2 aliphatic rings. The van der Waals surface area contributed by atoms with Gasteiger partial charge in [0.15, 0.2) is 6.73 Å². The van der Waals surface area contributed by atoms with Gasteiger partial charge in [0.25, 0.3) is 11.1 Å². The molecule has 4 rings (SSSR count). The molecule has 1 unspecified atom stereocenters. The van der Waals surface area contributed by atoms with Crippen LogP contribution in [0.5, 0.6) is 11.5 Å². The van der Waals surface area contributed by atoms with Crippen LogP contribution in [-0.2, 0) is 11.2 Å². The normalized spacial score (nSPS) is 18.3. The average molecular weight is 524 g/mol. The first-order chi connectivity index (χ1) is 14.0. The molecular weight excluding hydrogens is 507 g/mol. The summed E-state index contributed by atoms with van der Waals surface area (Å²) in [5.74, 6) is 1.22. The number of nitrogens with zero attached hydrogens (tertiary/aromatic N) is 1. The van der Waals surface area contributed by atoms with E-state index in [9.17, 15) is 14.4 Å². The molecule has 2 amide bonds. The molecule has 0 spiro atoms. The first-order valence-corrected chi connectivity index (χ1v) is 10.8. The van der Waals surface area contributed by atoms with Gasteiger partial charge >= 0.3 is 0 Å². The van der Waals surface area contributed by atoms with Gasteiger partial charge in [-0.05, 0) is 58.5 Å². The van der Waals surface area contributed by atoms with E-state index < -0.39 is 6.04 Å². The summed E-state index contributed by atoms with van der Waals surface area (Å²) in [6.45, 7) is 0.945. The van der Waals surface area contributed by atoms with Gasteiger partial charge in [-0.3, -0.25) is 14.4 Å². The maximum atomic E-state index is 12.6. The van der Waals surface area contributed by atoms with Crippen molar-refractivity contribution in [2.75, 3.05) is 19.9 Å². The topological polar surface area (TPSA) is 84.9 Å². The summed E-state index contributed by atoms with van der Waals surface area (Å²) in [4.78, 5) is 37.1. The largest absolute Gasteiger partial charge is 0.492 e. The molecule has 0 aromatic heterocycles. The van der Waals surface area contributed by atoms with Crippen molar-refractivity contribution >= 4 is 50.6 Å². The van der Waals surface area contributed by atoms with E-state index in [0.29, 0.717) is 48.4 Å². The zero-order valence-electron chi connectivity index (χ0n) is 15.2. The number of amides is 2. The molecule has 150 valence electrons. The van der Waals surface area contributed by atoms with Gasteiger partial charge < -0.3 is 19.7 Å². The first-order valence-electron chi connectivity index (χ1n) is 8.95. The van der Waals surface area contributed by atoms with Gasteiger partial charge in [0, 0.05) is 21.8 Å². The van der Waals surface area contributed by atoms with Gasteiger partial charge in [0.1, 0.15) is 24.1 Å². The van der Waals surface area contributed by atoms with Crippen LogP contribution < -0.4 is 14.8 Å². The third-order valence-electron chi connectivity index (χ3n) is 4.60. The number of nitrogens with one attached hydrogen (secondary N) is 1. The van der Waals surface area contributed by atoms with Gasteiger partial charge in [0.05, 0.1) is 12.1 Å². The summed E-state index contributed by atoms with van der Waals surface area (Å²) in [7, 11) is 0. The molecule has 7 nitrogen and oxygen atoms in total. The molecule has 1 saturated heterocycles. The fourth-order valence-electron chi connectivity index (χ4n) is 3.10. The smallest absolute Gasteiger partial charge is 0.287 e. The Morgan fingerprint density at radius 2 is 1.97 bits per heavy atom. The second kappa shape index (κ2) is 8.62. The SMILES string of the molecule is O=C1NC(Cc2ccc(OCCN3COc4ccc(I)cc4C3=O)cc2)C(=O)S1. The second-order valence-electron chi connectivity index (χ2n) is 6.58. The van der Waals surface area contributed by atoms with Crippen LogP contribution in [0.25, 0.3) is 0 Å². The lowest BCUT2D eigenvalue weighted by Gasteiger charge is -2.28. The Kier molecular flexibility index (Phi) is 5.95. The van der Waals surface area contributed by atoms with Crippen molar-refractivity contribution < 1.29 is 23.9 Å². The first kappa shape index (κ1) is 20.0. The highest BCUT2D eigenvalue weighted by molar-refractivity contribution is 14.1. The quantitative estimate of drug-likeness (QED) is 0.585. The van der Waals surface area contributed by atoms with Gasteiger partial charge in [-0.25, -0.2) is 0 Å². The van der Waals surface area contributed by atoms with Crippen molar-refractivity contribution in [2.24, 2.45) is 0 Å². The Morgan fingerprint density at radius 1 is 1.17 bits per heavy atom. The predicted octanol–water partition coefficient (Wildman–Crippen LogP) is 3.06. The highest BCUT2D eigenvalue weighted by Crippen LogP contribution is 2.26. The number of carbonyl (C=O) groups is 3. The molecule has 2 aromatic rings. The third kappa shape index (κ3) is 4.67. The third-order valence-corrected chi connectivity index (χ3v) is 6.06. The standard InChI is InChI=1S/C20H17IN2O5S/c21-13-3-6-17-15(10-13)18(24)23(11-28-17)7-8-27-14-4-1-12(2-5-14)9-16-19(25)29-20(26)22-16/h1-6,10,16H,7-9,11H2,(H,22,26). The average Bonchev–Trinajstić information content (AvgIpc) is 3.02. The van der Waals surface area contributed by atoms with E-state index in [1.165, 1.54) is 0 Å². The molecule has 1 N–H and O–H groups in total. The van der Waals surface area contributed by atoms with Crippen molar-refractivity contribution in [3.8, 4) is 11.5 Å². The predicted molar refractivity (Wildman–Crippen MR) is 116 cm³/mol. The molecule has 2 aromatic carbocycles. The van der Waals surface area contributed by atoms with Crippen molar-refractivity contribution in [3.63, 3.8) is 0 Å². The Balaban J connectivity index is 1.28. The Morgan fingerprint density at radius 3 is 2.69 bits per heavy atom. The monoisotopic (exact) mass is 524 g/mol. The number of hydrogen-bond acceptors (Lipinski definition) is 6. The number of carbonyl (C=O) groups excluding carboxylic acids is 3. The molecule has 0 bridgehead atoms. The van der Waals surface area contributed by atoms with E-state index >= 15 is 0 Å². The Hall–Kier alpha value is -2.27. The highest BCUT2D eigenvalue weighted by atomic mass is 127. The van der Waals surface area contributed by atoms with Crippen LogP contribution in [0, 0.1) is 3.57 Å². The number of benzene rings is 2. The molecule has 0 saturated carbocycles. The van der Waals surface area contributed by atoms with E-state index in [2.05, 4.69) is 27.9 Å². The lowest BCUT2D eigenvalue weighted by Crippen LogP contribution is -2.41. The van der Waals surface area contributed by atoms with Crippen molar-refractivity contribution in [2.45, 2.75) is 12.5 Å². The highest BCUT2D eigenvalue weighted by Gasteiger charge is 2.31. The van der Waals surface area contributed by atoms with E-state index in [1.54, 1.807) is 4.90 Å². The van der Waals surface area contributed by atoms with Crippen LogP contribution in [0.1, 0.15) is 15.9 Å². The van der Waals surface area contributed by atoms with Crippen LogP contribution in [0.15, 0.2) is 42.5 Å². The van der Waals surface area contributed by atoms with E-state index in [-0.39, 0.29) is 23.0 Å². The minimum atomic E-state index is -0.477. The molecule has 0 radical (unpaired) electrons. The summed E-state index contributed by atoms with van der Waals surface area (Å²) in [6, 6.07) is 12.4. The Labute approximate surface area is 185 Å². The number of rotatable bonds is 6. The molecule has 2 aliphatic heterocycles. The molecule has 9 heteroatoms. The van der Waals surface area contributed by atoms with Gasteiger partial charge in [-0.2, -0.15) is 0 Å². The Bertz CT molecular complexity index is 966. The van der Waals surface area contributed by atoms with Crippen LogP contribution in [0.2, 0.25) is 0 Å². The molecule has 2 heterocycles. The number of fused-ring (bicyclic) bond motifs is 1. The summed E-state index contributed by atoms with van der Waals surface area (Å²) in [6.07, 6.45) is 0.454. The van der Waals surface area contributed by atoms with Gasteiger partial charge in [0.2, 0.25) is 5.12 Å². The number of ether oxygens (including phenoxy) is 2.